The summed E-state index contributed by atoms with van der Waals surface area (Å²) in [4.78, 5) is 11.8. The first-order valence-electron chi connectivity index (χ1n) is 6.18. The number of nitrogens with one attached hydrogen (secondary N) is 1. The van der Waals surface area contributed by atoms with E-state index in [1.54, 1.807) is 30.3 Å². The number of ether oxygens (including phenoxy) is 1. The van der Waals surface area contributed by atoms with E-state index in [0.29, 0.717) is 17.0 Å². The van der Waals surface area contributed by atoms with Crippen LogP contribution in [-0.4, -0.2) is 32.9 Å². The Balaban J connectivity index is 1.96. The van der Waals surface area contributed by atoms with Gasteiger partial charge in [0.1, 0.15) is 18.6 Å². The molecule has 2 rings (SSSR count). The molecule has 0 saturated heterocycles. The molecule has 1 aromatic carbocycles. The van der Waals surface area contributed by atoms with E-state index in [4.69, 9.17) is 9.15 Å². The lowest BCUT2D eigenvalue weighted by molar-refractivity contribution is 0.102. The molecule has 1 aromatic heterocycles. The van der Waals surface area contributed by atoms with Gasteiger partial charge in [0.2, 0.25) is 0 Å². The van der Waals surface area contributed by atoms with Gasteiger partial charge in [-0.1, -0.05) is 6.07 Å². The molecule has 6 nitrogen and oxygen atoms in total. The molecule has 0 fully saturated rings. The average molecular weight is 309 g/mol. The summed E-state index contributed by atoms with van der Waals surface area (Å²) in [5.41, 5.74) is 0.969. The van der Waals surface area contributed by atoms with Gasteiger partial charge >= 0.3 is 0 Å². The van der Waals surface area contributed by atoms with Crippen molar-refractivity contribution in [2.45, 2.75) is 0 Å². The van der Waals surface area contributed by atoms with Gasteiger partial charge in [0.05, 0.1) is 17.6 Å². The van der Waals surface area contributed by atoms with Crippen LogP contribution in [0.5, 0.6) is 5.75 Å². The normalized spacial score (nSPS) is 11.1. The van der Waals surface area contributed by atoms with Crippen molar-refractivity contribution in [3.05, 3.63) is 48.4 Å². The SMILES string of the molecule is CS(=O)(=O)CCOc1cccc(NC(=O)c2ccoc2)c1. The van der Waals surface area contributed by atoms with Gasteiger partial charge in [0, 0.05) is 18.0 Å². The molecule has 0 unspecified atom stereocenters. The van der Waals surface area contributed by atoms with E-state index in [1.807, 2.05) is 0 Å². The van der Waals surface area contributed by atoms with Crippen LogP contribution in [0, 0.1) is 0 Å². The molecule has 1 N–H and O–H groups in total. The average Bonchev–Trinajstić information content (AvgIpc) is 2.91. The van der Waals surface area contributed by atoms with E-state index in [0.717, 1.165) is 6.26 Å². The van der Waals surface area contributed by atoms with E-state index in [2.05, 4.69) is 5.32 Å². The van der Waals surface area contributed by atoms with Crippen molar-refractivity contribution in [1.29, 1.82) is 0 Å². The maximum Gasteiger partial charge on any atom is 0.258 e. The van der Waals surface area contributed by atoms with Crippen LogP contribution < -0.4 is 10.1 Å². The monoisotopic (exact) mass is 309 g/mol. The van der Waals surface area contributed by atoms with E-state index in [-0.39, 0.29) is 18.3 Å². The summed E-state index contributed by atoms with van der Waals surface area (Å²) in [6, 6.07) is 8.29. The van der Waals surface area contributed by atoms with E-state index in [1.165, 1.54) is 12.5 Å². The molecule has 112 valence electrons. The largest absolute Gasteiger partial charge is 0.492 e. The second kappa shape index (κ2) is 6.45. The van der Waals surface area contributed by atoms with Crippen LogP contribution in [0.15, 0.2) is 47.3 Å². The Morgan fingerprint density at radius 1 is 1.33 bits per heavy atom. The van der Waals surface area contributed by atoms with E-state index >= 15 is 0 Å². The lowest BCUT2D eigenvalue weighted by atomic mass is 10.2. The van der Waals surface area contributed by atoms with Crippen molar-refractivity contribution in [1.82, 2.24) is 0 Å². The summed E-state index contributed by atoms with van der Waals surface area (Å²) >= 11 is 0. The Morgan fingerprint density at radius 3 is 2.81 bits per heavy atom. The van der Waals surface area contributed by atoms with Gasteiger partial charge < -0.3 is 14.5 Å². The molecular weight excluding hydrogens is 294 g/mol. The van der Waals surface area contributed by atoms with Crippen LogP contribution >= 0.6 is 0 Å². The Bertz CT molecular complexity index is 707. The Morgan fingerprint density at radius 2 is 2.14 bits per heavy atom. The quantitative estimate of drug-likeness (QED) is 0.881. The predicted molar refractivity (Wildman–Crippen MR) is 78.3 cm³/mol. The van der Waals surface area contributed by atoms with Crippen LogP contribution in [0.1, 0.15) is 10.4 Å². The third-order valence-electron chi connectivity index (χ3n) is 2.60. The highest BCUT2D eigenvalue weighted by Crippen LogP contribution is 2.18. The van der Waals surface area contributed by atoms with Crippen molar-refractivity contribution in [3.8, 4) is 5.75 Å². The Labute approximate surface area is 122 Å². The number of amides is 1. The fraction of sp³-hybridized carbons (Fsp3) is 0.214. The van der Waals surface area contributed by atoms with Crippen molar-refractivity contribution < 1.29 is 22.4 Å². The molecular formula is C14H15NO5S. The zero-order valence-electron chi connectivity index (χ0n) is 11.4. The maximum atomic E-state index is 11.8. The Kier molecular flexibility index (Phi) is 4.64. The highest BCUT2D eigenvalue weighted by Gasteiger charge is 2.08. The molecule has 0 aliphatic carbocycles. The van der Waals surface area contributed by atoms with E-state index in [9.17, 15) is 13.2 Å². The molecule has 0 radical (unpaired) electrons. The molecule has 0 aliphatic rings. The van der Waals surface area contributed by atoms with Gasteiger partial charge in [0.15, 0.2) is 9.84 Å². The lowest BCUT2D eigenvalue weighted by Gasteiger charge is -2.08. The van der Waals surface area contributed by atoms with Crippen molar-refractivity contribution >= 4 is 21.4 Å². The minimum Gasteiger partial charge on any atom is -0.492 e. The predicted octanol–water partition coefficient (Wildman–Crippen LogP) is 1.96. The standard InChI is InChI=1S/C14H15NO5S/c1-21(17,18)8-7-20-13-4-2-3-12(9-13)15-14(16)11-5-6-19-10-11/h2-6,9-10H,7-8H2,1H3,(H,15,16). The van der Waals surface area contributed by atoms with Gasteiger partial charge in [-0.15, -0.1) is 0 Å². The minimum absolute atomic E-state index is 0.0569. The number of hydrogen-bond acceptors (Lipinski definition) is 5. The number of hydrogen-bond donors (Lipinski definition) is 1. The van der Waals surface area contributed by atoms with Gasteiger partial charge in [-0.2, -0.15) is 0 Å². The summed E-state index contributed by atoms with van der Waals surface area (Å²) < 4.78 is 32.2. The lowest BCUT2D eigenvalue weighted by Crippen LogP contribution is -2.13. The van der Waals surface area contributed by atoms with Gasteiger partial charge in [0.25, 0.3) is 5.91 Å². The van der Waals surface area contributed by atoms with Gasteiger partial charge in [-0.25, -0.2) is 8.42 Å². The molecule has 0 spiro atoms. The second-order valence-corrected chi connectivity index (χ2v) is 6.73. The van der Waals surface area contributed by atoms with Crippen molar-refractivity contribution in [3.63, 3.8) is 0 Å². The number of benzene rings is 1. The number of sulfone groups is 1. The first kappa shape index (κ1) is 15.1. The Hall–Kier alpha value is -2.28. The topological polar surface area (TPSA) is 85.6 Å². The van der Waals surface area contributed by atoms with Crippen LogP contribution in [-0.2, 0) is 9.84 Å². The number of furan rings is 1. The number of rotatable bonds is 6. The van der Waals surface area contributed by atoms with Crippen molar-refractivity contribution in [2.24, 2.45) is 0 Å². The number of anilines is 1. The molecule has 0 atom stereocenters. The van der Waals surface area contributed by atoms with Gasteiger partial charge in [-0.3, -0.25) is 4.79 Å². The summed E-state index contributed by atoms with van der Waals surface area (Å²) in [5, 5.41) is 2.69. The molecule has 0 aliphatic heterocycles. The fourth-order valence-electron chi connectivity index (χ4n) is 1.57. The zero-order valence-corrected chi connectivity index (χ0v) is 12.2. The van der Waals surface area contributed by atoms with Gasteiger partial charge in [-0.05, 0) is 18.2 Å². The maximum absolute atomic E-state index is 11.8. The first-order valence-corrected chi connectivity index (χ1v) is 8.24. The van der Waals surface area contributed by atoms with E-state index < -0.39 is 9.84 Å². The summed E-state index contributed by atoms with van der Waals surface area (Å²) in [7, 11) is -3.06. The minimum atomic E-state index is -3.06. The highest BCUT2D eigenvalue weighted by molar-refractivity contribution is 7.90. The molecule has 7 heteroatoms. The fourth-order valence-corrected chi connectivity index (χ4v) is 1.96. The summed E-state index contributed by atoms with van der Waals surface area (Å²) in [6.45, 7) is 0.0674. The smallest absolute Gasteiger partial charge is 0.258 e. The third-order valence-corrected chi connectivity index (χ3v) is 3.51. The van der Waals surface area contributed by atoms with Crippen molar-refractivity contribution in [2.75, 3.05) is 23.9 Å². The third kappa shape index (κ3) is 4.96. The number of carbonyl (C=O) groups excluding carboxylic acids is 1. The van der Waals surface area contributed by atoms with Crippen LogP contribution in [0.3, 0.4) is 0 Å². The number of carbonyl (C=O) groups is 1. The van der Waals surface area contributed by atoms with Crippen LogP contribution in [0.2, 0.25) is 0 Å². The molecule has 1 amide bonds. The molecule has 2 aromatic rings. The molecule has 0 saturated carbocycles. The molecule has 1 heterocycles. The summed E-state index contributed by atoms with van der Waals surface area (Å²) in [6.07, 6.45) is 3.92. The van der Waals surface area contributed by atoms with Crippen LogP contribution in [0.4, 0.5) is 5.69 Å². The first-order chi connectivity index (χ1) is 9.94. The second-order valence-electron chi connectivity index (χ2n) is 4.47. The zero-order chi connectivity index (χ0) is 15.3. The van der Waals surface area contributed by atoms with Crippen LogP contribution in [0.25, 0.3) is 0 Å². The molecule has 21 heavy (non-hydrogen) atoms. The molecule has 0 bridgehead atoms. The summed E-state index contributed by atoms with van der Waals surface area (Å²) in [5.74, 6) is 0.138. The highest BCUT2D eigenvalue weighted by atomic mass is 32.2.